The van der Waals surface area contributed by atoms with Crippen LogP contribution < -0.4 is 10.2 Å². The fourth-order valence-electron chi connectivity index (χ4n) is 3.37. The normalized spacial score (nSPS) is 13.9. The number of benzene rings is 1. The van der Waals surface area contributed by atoms with Gasteiger partial charge in [-0.1, -0.05) is 36.4 Å². The highest BCUT2D eigenvalue weighted by Crippen LogP contribution is 2.25. The number of rotatable bonds is 5. The van der Waals surface area contributed by atoms with E-state index >= 15 is 0 Å². The van der Waals surface area contributed by atoms with Crippen molar-refractivity contribution < 1.29 is 4.79 Å². The Morgan fingerprint density at radius 2 is 1.75 bits per heavy atom. The molecule has 0 bridgehead atoms. The Morgan fingerprint density at radius 1 is 0.964 bits per heavy atom. The molecule has 0 saturated carbocycles. The molecule has 0 atom stereocenters. The highest BCUT2D eigenvalue weighted by Gasteiger charge is 2.22. The zero-order valence-electron chi connectivity index (χ0n) is 15.7. The Kier molecular flexibility index (Phi) is 5.56. The van der Waals surface area contributed by atoms with E-state index in [0.717, 1.165) is 37.2 Å². The summed E-state index contributed by atoms with van der Waals surface area (Å²) < 4.78 is 0. The van der Waals surface area contributed by atoms with Crippen molar-refractivity contribution in [2.45, 2.75) is 25.8 Å². The zero-order chi connectivity index (χ0) is 19.2. The van der Waals surface area contributed by atoms with Gasteiger partial charge in [-0.05, 0) is 31.4 Å². The van der Waals surface area contributed by atoms with Gasteiger partial charge in [0.2, 0.25) is 0 Å². The summed E-state index contributed by atoms with van der Waals surface area (Å²) in [4.78, 5) is 28.6. The van der Waals surface area contributed by atoms with Gasteiger partial charge in [-0.3, -0.25) is 9.78 Å². The molecule has 2 aromatic heterocycles. The molecule has 1 amide bonds. The number of anilines is 1. The smallest absolute Gasteiger partial charge is 0.256 e. The maximum Gasteiger partial charge on any atom is 0.256 e. The van der Waals surface area contributed by atoms with Crippen LogP contribution in [-0.4, -0.2) is 33.9 Å². The Morgan fingerprint density at radius 3 is 2.50 bits per heavy atom. The van der Waals surface area contributed by atoms with Gasteiger partial charge in [0.1, 0.15) is 11.4 Å². The lowest BCUT2D eigenvalue weighted by molar-refractivity contribution is 0.0950. The van der Waals surface area contributed by atoms with Crippen LogP contribution in [0.4, 0.5) is 5.82 Å². The van der Waals surface area contributed by atoms with Gasteiger partial charge in [0, 0.05) is 31.0 Å². The van der Waals surface area contributed by atoms with Crippen molar-refractivity contribution in [2.24, 2.45) is 0 Å². The van der Waals surface area contributed by atoms with Crippen molar-refractivity contribution in [2.75, 3.05) is 18.0 Å². The number of hydrogen-bond donors (Lipinski definition) is 1. The second-order valence-corrected chi connectivity index (χ2v) is 6.85. The summed E-state index contributed by atoms with van der Waals surface area (Å²) in [6.45, 7) is 2.19. The second kappa shape index (κ2) is 8.61. The van der Waals surface area contributed by atoms with E-state index in [4.69, 9.17) is 4.98 Å². The summed E-state index contributed by atoms with van der Waals surface area (Å²) in [7, 11) is 0. The van der Waals surface area contributed by atoms with Gasteiger partial charge in [0.15, 0.2) is 5.82 Å². The van der Waals surface area contributed by atoms with Crippen molar-refractivity contribution in [1.82, 2.24) is 20.3 Å². The summed E-state index contributed by atoms with van der Waals surface area (Å²) in [5.74, 6) is 1.18. The summed E-state index contributed by atoms with van der Waals surface area (Å²) in [5.41, 5.74) is 2.27. The Hall–Kier alpha value is -3.28. The largest absolute Gasteiger partial charge is 0.356 e. The number of pyridine rings is 1. The van der Waals surface area contributed by atoms with Crippen LogP contribution in [0.3, 0.4) is 0 Å². The number of nitrogens with one attached hydrogen (secondary N) is 1. The summed E-state index contributed by atoms with van der Waals surface area (Å²) in [5, 5.41) is 2.95. The molecule has 1 N–H and O–H groups in total. The van der Waals surface area contributed by atoms with Crippen LogP contribution in [0.2, 0.25) is 0 Å². The molecule has 0 aliphatic carbocycles. The third-order valence-corrected chi connectivity index (χ3v) is 4.86. The Labute approximate surface area is 164 Å². The van der Waals surface area contributed by atoms with Crippen LogP contribution in [0.15, 0.2) is 60.9 Å². The minimum atomic E-state index is -0.175. The molecule has 3 aromatic rings. The molecule has 6 heteroatoms. The molecule has 28 heavy (non-hydrogen) atoms. The number of amides is 1. The first-order chi connectivity index (χ1) is 13.8. The van der Waals surface area contributed by atoms with E-state index in [2.05, 4.69) is 20.2 Å². The number of hydrogen-bond acceptors (Lipinski definition) is 5. The number of piperidine rings is 1. The van der Waals surface area contributed by atoms with E-state index in [0.29, 0.717) is 23.8 Å². The lowest BCUT2D eigenvalue weighted by atomic mass is 10.1. The van der Waals surface area contributed by atoms with Crippen LogP contribution >= 0.6 is 0 Å². The highest BCUT2D eigenvalue weighted by atomic mass is 16.1. The molecular weight excluding hydrogens is 350 g/mol. The Balaban J connectivity index is 1.62. The van der Waals surface area contributed by atoms with Crippen molar-refractivity contribution >= 4 is 11.7 Å². The monoisotopic (exact) mass is 373 g/mol. The van der Waals surface area contributed by atoms with Gasteiger partial charge in [-0.2, -0.15) is 0 Å². The molecule has 0 unspecified atom stereocenters. The van der Waals surface area contributed by atoms with E-state index < -0.39 is 0 Å². The number of carbonyl (C=O) groups excluding carboxylic acids is 1. The van der Waals surface area contributed by atoms with Crippen LogP contribution in [0.1, 0.15) is 35.3 Å². The fourth-order valence-corrected chi connectivity index (χ4v) is 3.37. The third-order valence-electron chi connectivity index (χ3n) is 4.86. The average molecular weight is 373 g/mol. The molecule has 3 heterocycles. The first-order valence-corrected chi connectivity index (χ1v) is 9.67. The second-order valence-electron chi connectivity index (χ2n) is 6.85. The van der Waals surface area contributed by atoms with E-state index in [1.54, 1.807) is 12.4 Å². The van der Waals surface area contributed by atoms with Crippen LogP contribution in [-0.2, 0) is 6.54 Å². The zero-order valence-corrected chi connectivity index (χ0v) is 15.7. The minimum absolute atomic E-state index is 0.175. The van der Waals surface area contributed by atoms with Crippen LogP contribution in [0, 0.1) is 0 Å². The van der Waals surface area contributed by atoms with Gasteiger partial charge in [-0.15, -0.1) is 0 Å². The van der Waals surface area contributed by atoms with Crippen molar-refractivity contribution in [3.05, 3.63) is 72.2 Å². The molecule has 1 aromatic carbocycles. The lowest BCUT2D eigenvalue weighted by Crippen LogP contribution is -2.34. The van der Waals surface area contributed by atoms with Crippen molar-refractivity contribution in [1.29, 1.82) is 0 Å². The first kappa shape index (κ1) is 18.1. The highest BCUT2D eigenvalue weighted by molar-refractivity contribution is 5.98. The predicted octanol–water partition coefficient (Wildman–Crippen LogP) is 3.46. The summed E-state index contributed by atoms with van der Waals surface area (Å²) in [6, 6.07) is 15.5. The van der Waals surface area contributed by atoms with Gasteiger partial charge >= 0.3 is 0 Å². The molecule has 1 aliphatic rings. The number of carbonyl (C=O) groups is 1. The molecule has 0 spiro atoms. The van der Waals surface area contributed by atoms with E-state index in [1.807, 2.05) is 48.5 Å². The van der Waals surface area contributed by atoms with E-state index in [-0.39, 0.29) is 5.91 Å². The number of nitrogens with zero attached hydrogens (tertiary/aromatic N) is 4. The SMILES string of the molecule is O=C(NCc1ccccn1)c1cnc(-c2ccccc2)nc1N1CCCCC1. The summed E-state index contributed by atoms with van der Waals surface area (Å²) >= 11 is 0. The van der Waals surface area contributed by atoms with Gasteiger partial charge in [0.05, 0.1) is 12.2 Å². The van der Waals surface area contributed by atoms with Crippen molar-refractivity contribution in [3.8, 4) is 11.4 Å². The van der Waals surface area contributed by atoms with Gasteiger partial charge in [-0.25, -0.2) is 9.97 Å². The third kappa shape index (κ3) is 4.17. The van der Waals surface area contributed by atoms with Gasteiger partial charge in [0.25, 0.3) is 5.91 Å². The Bertz CT molecular complexity index is 924. The summed E-state index contributed by atoms with van der Waals surface area (Å²) in [6.07, 6.45) is 6.80. The fraction of sp³-hybridized carbons (Fsp3) is 0.273. The van der Waals surface area contributed by atoms with E-state index in [9.17, 15) is 4.79 Å². The molecule has 142 valence electrons. The van der Waals surface area contributed by atoms with Crippen molar-refractivity contribution in [3.63, 3.8) is 0 Å². The molecule has 6 nitrogen and oxygen atoms in total. The van der Waals surface area contributed by atoms with Gasteiger partial charge < -0.3 is 10.2 Å². The van der Waals surface area contributed by atoms with Crippen LogP contribution in [0.25, 0.3) is 11.4 Å². The first-order valence-electron chi connectivity index (χ1n) is 9.67. The molecule has 4 rings (SSSR count). The molecule has 0 radical (unpaired) electrons. The molecule has 1 saturated heterocycles. The lowest BCUT2D eigenvalue weighted by Gasteiger charge is -2.29. The topological polar surface area (TPSA) is 71.0 Å². The van der Waals surface area contributed by atoms with E-state index in [1.165, 1.54) is 6.42 Å². The maximum atomic E-state index is 12.9. The minimum Gasteiger partial charge on any atom is -0.356 e. The quantitative estimate of drug-likeness (QED) is 0.742. The molecule has 1 aliphatic heterocycles. The predicted molar refractivity (Wildman–Crippen MR) is 109 cm³/mol. The molecule has 1 fully saturated rings. The maximum absolute atomic E-state index is 12.9. The van der Waals surface area contributed by atoms with Crippen LogP contribution in [0.5, 0.6) is 0 Å². The standard InChI is InChI=1S/C22H23N5O/c28-22(25-15-18-11-5-6-12-23-18)19-16-24-20(17-9-3-1-4-10-17)26-21(19)27-13-7-2-8-14-27/h1,3-6,9-12,16H,2,7-8,13-15H2,(H,25,28). The number of aromatic nitrogens is 3. The molecular formula is C22H23N5O. The average Bonchev–Trinajstić information content (AvgIpc) is 2.79.